The summed E-state index contributed by atoms with van der Waals surface area (Å²) in [5, 5.41) is 9.97. The van der Waals surface area contributed by atoms with Crippen LogP contribution in [0.15, 0.2) is 11.5 Å². The van der Waals surface area contributed by atoms with Crippen LogP contribution in [-0.2, 0) is 4.79 Å². The van der Waals surface area contributed by atoms with Gasteiger partial charge in [-0.2, -0.15) is 0 Å². The summed E-state index contributed by atoms with van der Waals surface area (Å²) in [6.45, 7) is 0. The SMILES string of the molecule is O=C(O)C1SC=CC1Br. The van der Waals surface area contributed by atoms with Crippen molar-refractivity contribution >= 4 is 33.7 Å². The molecule has 0 aliphatic carbocycles. The minimum absolute atomic E-state index is 0.000000000000000222. The van der Waals surface area contributed by atoms with Gasteiger partial charge in [0, 0.05) is 0 Å². The monoisotopic (exact) mass is 208 g/mol. The predicted molar refractivity (Wildman–Crippen MR) is 40.9 cm³/mol. The molecule has 0 fully saturated rings. The van der Waals surface area contributed by atoms with Crippen molar-refractivity contribution in [1.82, 2.24) is 0 Å². The van der Waals surface area contributed by atoms with Gasteiger partial charge in [-0.25, -0.2) is 0 Å². The van der Waals surface area contributed by atoms with Gasteiger partial charge in [0.1, 0.15) is 5.25 Å². The molecule has 1 rings (SSSR count). The van der Waals surface area contributed by atoms with Crippen molar-refractivity contribution in [3.05, 3.63) is 11.5 Å². The van der Waals surface area contributed by atoms with Crippen LogP contribution in [0.1, 0.15) is 0 Å². The summed E-state index contributed by atoms with van der Waals surface area (Å²) in [6, 6.07) is 0. The van der Waals surface area contributed by atoms with Crippen molar-refractivity contribution in [1.29, 1.82) is 0 Å². The smallest absolute Gasteiger partial charge is 0.318 e. The fourth-order valence-electron chi connectivity index (χ4n) is 0.575. The van der Waals surface area contributed by atoms with Gasteiger partial charge in [0.25, 0.3) is 0 Å². The lowest BCUT2D eigenvalue weighted by Gasteiger charge is -2.04. The number of alkyl halides is 1. The average Bonchev–Trinajstić information content (AvgIpc) is 2.13. The van der Waals surface area contributed by atoms with E-state index in [1.165, 1.54) is 11.8 Å². The maximum absolute atomic E-state index is 10.3. The topological polar surface area (TPSA) is 37.3 Å². The molecular formula is C5H5BrO2S. The van der Waals surface area contributed by atoms with Gasteiger partial charge in [-0.15, -0.1) is 11.8 Å². The zero-order valence-electron chi connectivity index (χ0n) is 4.45. The second-order valence-corrected chi connectivity index (χ2v) is 3.78. The van der Waals surface area contributed by atoms with Crippen molar-refractivity contribution in [2.24, 2.45) is 0 Å². The maximum Gasteiger partial charge on any atom is 0.318 e. The van der Waals surface area contributed by atoms with Crippen molar-refractivity contribution in [3.63, 3.8) is 0 Å². The summed E-state index contributed by atoms with van der Waals surface area (Å²) >= 11 is 4.55. The molecule has 9 heavy (non-hydrogen) atoms. The third-order valence-corrected chi connectivity index (χ3v) is 3.31. The molecule has 0 aromatic rings. The van der Waals surface area contributed by atoms with Gasteiger partial charge < -0.3 is 5.11 Å². The van der Waals surface area contributed by atoms with Crippen LogP contribution in [0.4, 0.5) is 0 Å². The summed E-state index contributed by atoms with van der Waals surface area (Å²) in [6.07, 6.45) is 1.84. The van der Waals surface area contributed by atoms with Gasteiger partial charge in [-0.3, -0.25) is 4.79 Å². The quantitative estimate of drug-likeness (QED) is 0.664. The lowest BCUT2D eigenvalue weighted by molar-refractivity contribution is -0.136. The standard InChI is InChI=1S/C5H5BrO2S/c6-3-1-2-9-4(3)5(7)8/h1-4H,(H,7,8). The summed E-state index contributed by atoms with van der Waals surface area (Å²) < 4.78 is 0. The number of hydrogen-bond acceptors (Lipinski definition) is 2. The highest BCUT2D eigenvalue weighted by atomic mass is 79.9. The molecule has 0 radical (unpaired) electrons. The Kier molecular flexibility index (Phi) is 2.18. The minimum Gasteiger partial charge on any atom is -0.480 e. The van der Waals surface area contributed by atoms with E-state index in [-0.39, 0.29) is 10.1 Å². The van der Waals surface area contributed by atoms with E-state index in [2.05, 4.69) is 15.9 Å². The number of carbonyl (C=O) groups is 1. The lowest BCUT2D eigenvalue weighted by atomic mass is 10.3. The van der Waals surface area contributed by atoms with E-state index in [0.29, 0.717) is 0 Å². The second-order valence-electron chi connectivity index (χ2n) is 1.67. The van der Waals surface area contributed by atoms with Gasteiger partial charge >= 0.3 is 5.97 Å². The number of carboxylic acid groups (broad SMARTS) is 1. The molecule has 2 unspecified atom stereocenters. The summed E-state index contributed by atoms with van der Waals surface area (Å²) in [7, 11) is 0. The molecule has 0 amide bonds. The van der Waals surface area contributed by atoms with Gasteiger partial charge in [0.2, 0.25) is 0 Å². The van der Waals surface area contributed by atoms with E-state index in [4.69, 9.17) is 5.11 Å². The molecule has 50 valence electrons. The third-order valence-electron chi connectivity index (χ3n) is 1.02. The number of thioether (sulfide) groups is 1. The van der Waals surface area contributed by atoms with Crippen LogP contribution < -0.4 is 0 Å². The van der Waals surface area contributed by atoms with Gasteiger partial charge in [-0.05, 0) is 5.41 Å². The first-order valence-electron chi connectivity index (χ1n) is 2.41. The first-order valence-corrected chi connectivity index (χ1v) is 4.26. The van der Waals surface area contributed by atoms with Crippen LogP contribution in [0.25, 0.3) is 0 Å². The fourth-order valence-corrected chi connectivity index (χ4v) is 2.32. The molecule has 0 saturated heterocycles. The summed E-state index contributed by atoms with van der Waals surface area (Å²) in [5.41, 5.74) is 0. The molecule has 2 atom stereocenters. The Morgan fingerprint density at radius 1 is 1.78 bits per heavy atom. The molecule has 4 heteroatoms. The molecule has 1 heterocycles. The number of hydrogen-bond donors (Lipinski definition) is 1. The van der Waals surface area contributed by atoms with Crippen LogP contribution in [0.5, 0.6) is 0 Å². The van der Waals surface area contributed by atoms with E-state index >= 15 is 0 Å². The van der Waals surface area contributed by atoms with Crippen LogP contribution in [0.3, 0.4) is 0 Å². The second kappa shape index (κ2) is 2.75. The molecule has 0 aromatic carbocycles. The number of rotatable bonds is 1. The van der Waals surface area contributed by atoms with Crippen molar-refractivity contribution < 1.29 is 9.90 Å². The minimum atomic E-state index is -0.758. The van der Waals surface area contributed by atoms with E-state index in [1.54, 1.807) is 5.41 Å². The largest absolute Gasteiger partial charge is 0.480 e. The highest BCUT2D eigenvalue weighted by molar-refractivity contribution is 9.09. The van der Waals surface area contributed by atoms with Gasteiger partial charge in [-0.1, -0.05) is 22.0 Å². The highest BCUT2D eigenvalue weighted by Crippen LogP contribution is 2.29. The Bertz CT molecular complexity index is 157. The first-order chi connectivity index (χ1) is 4.22. The molecule has 1 aliphatic heterocycles. The number of allylic oxidation sites excluding steroid dienone is 1. The first kappa shape index (κ1) is 7.15. The molecule has 0 aromatic heterocycles. The lowest BCUT2D eigenvalue weighted by Crippen LogP contribution is -2.21. The maximum atomic E-state index is 10.3. The fraction of sp³-hybridized carbons (Fsp3) is 0.400. The Balaban J connectivity index is 2.55. The Hall–Kier alpha value is 0.0400. The van der Waals surface area contributed by atoms with Crippen LogP contribution in [-0.4, -0.2) is 21.2 Å². The molecule has 0 saturated carbocycles. The normalized spacial score (nSPS) is 33.0. The number of carboxylic acids is 1. The van der Waals surface area contributed by atoms with Crippen molar-refractivity contribution in [3.8, 4) is 0 Å². The zero-order chi connectivity index (χ0) is 6.85. The number of aliphatic carboxylic acids is 1. The molecular weight excluding hydrogens is 204 g/mol. The molecule has 2 nitrogen and oxygen atoms in total. The van der Waals surface area contributed by atoms with Crippen molar-refractivity contribution in [2.45, 2.75) is 10.1 Å². The predicted octanol–water partition coefficient (Wildman–Crippen LogP) is 1.46. The van der Waals surface area contributed by atoms with Gasteiger partial charge in [0.05, 0.1) is 4.83 Å². The molecule has 0 spiro atoms. The average molecular weight is 209 g/mol. The molecule has 1 aliphatic rings. The van der Waals surface area contributed by atoms with Gasteiger partial charge in [0.15, 0.2) is 0 Å². The Morgan fingerprint density at radius 2 is 2.44 bits per heavy atom. The third kappa shape index (κ3) is 1.49. The Labute approximate surface area is 65.4 Å². The molecule has 0 bridgehead atoms. The van der Waals surface area contributed by atoms with E-state index < -0.39 is 5.97 Å². The van der Waals surface area contributed by atoms with E-state index in [0.717, 1.165) is 0 Å². The summed E-state index contributed by atoms with van der Waals surface area (Å²) in [4.78, 5) is 10.3. The van der Waals surface area contributed by atoms with E-state index in [9.17, 15) is 4.79 Å². The summed E-state index contributed by atoms with van der Waals surface area (Å²) in [5.74, 6) is -0.758. The van der Waals surface area contributed by atoms with Crippen LogP contribution >= 0.6 is 27.7 Å². The highest BCUT2D eigenvalue weighted by Gasteiger charge is 2.27. The van der Waals surface area contributed by atoms with Crippen molar-refractivity contribution in [2.75, 3.05) is 0 Å². The van der Waals surface area contributed by atoms with Crippen LogP contribution in [0, 0.1) is 0 Å². The Morgan fingerprint density at radius 3 is 2.67 bits per heavy atom. The molecule has 1 N–H and O–H groups in total. The zero-order valence-corrected chi connectivity index (χ0v) is 6.85. The van der Waals surface area contributed by atoms with E-state index in [1.807, 2.05) is 6.08 Å². The number of halogens is 1. The van der Waals surface area contributed by atoms with Crippen LogP contribution in [0.2, 0.25) is 0 Å².